The summed E-state index contributed by atoms with van der Waals surface area (Å²) in [6.45, 7) is 1.25. The number of methoxy groups -OCH3 is 3. The van der Waals surface area contributed by atoms with E-state index in [4.69, 9.17) is 18.6 Å². The van der Waals surface area contributed by atoms with Crippen molar-refractivity contribution in [3.8, 4) is 17.2 Å². The summed E-state index contributed by atoms with van der Waals surface area (Å²) < 4.78 is 21.5. The number of aliphatic imine (C=N–C) groups is 1. The fraction of sp³-hybridized carbons (Fsp3) is 0.389. The molecular weight excluding hydrogens is 322 g/mol. The summed E-state index contributed by atoms with van der Waals surface area (Å²) in [6.07, 6.45) is 2.46. The first-order valence-corrected chi connectivity index (χ1v) is 7.98. The van der Waals surface area contributed by atoms with E-state index in [1.165, 1.54) is 0 Å². The molecule has 0 saturated carbocycles. The van der Waals surface area contributed by atoms with Gasteiger partial charge in [0.25, 0.3) is 0 Å². The Morgan fingerprint density at radius 3 is 2.44 bits per heavy atom. The maximum Gasteiger partial charge on any atom is 0.203 e. The van der Waals surface area contributed by atoms with Gasteiger partial charge in [-0.1, -0.05) is 0 Å². The standard InChI is InChI=1S/C18H25N3O4/c1-19-18(20-10-9-14-6-5-11-25-14)21-12-13-7-8-15(22-2)17(24-4)16(13)23-3/h5-8,11H,9-10,12H2,1-4H3,(H2,19,20,21). The molecule has 2 N–H and O–H groups in total. The van der Waals surface area contributed by atoms with Crippen LogP contribution in [0.5, 0.6) is 17.2 Å². The van der Waals surface area contributed by atoms with E-state index < -0.39 is 0 Å². The number of rotatable bonds is 8. The number of hydrogen-bond acceptors (Lipinski definition) is 5. The Balaban J connectivity index is 1.96. The highest BCUT2D eigenvalue weighted by Crippen LogP contribution is 2.39. The zero-order chi connectivity index (χ0) is 18.1. The van der Waals surface area contributed by atoms with Gasteiger partial charge in [-0.2, -0.15) is 0 Å². The quantitative estimate of drug-likeness (QED) is 0.563. The van der Waals surface area contributed by atoms with E-state index in [0.29, 0.717) is 29.8 Å². The summed E-state index contributed by atoms with van der Waals surface area (Å²) in [4.78, 5) is 4.22. The lowest BCUT2D eigenvalue weighted by molar-refractivity contribution is 0.322. The molecular formula is C18H25N3O4. The molecule has 0 fully saturated rings. The Kier molecular flexibility index (Phi) is 7.00. The summed E-state index contributed by atoms with van der Waals surface area (Å²) in [5.41, 5.74) is 0.939. The molecule has 1 heterocycles. The zero-order valence-electron chi connectivity index (χ0n) is 15.1. The van der Waals surface area contributed by atoms with Crippen molar-refractivity contribution in [3.63, 3.8) is 0 Å². The molecule has 2 rings (SSSR count). The van der Waals surface area contributed by atoms with E-state index in [1.807, 2.05) is 24.3 Å². The van der Waals surface area contributed by atoms with Gasteiger partial charge in [-0.05, 0) is 24.3 Å². The third-order valence-corrected chi connectivity index (χ3v) is 3.70. The Morgan fingerprint density at radius 2 is 1.84 bits per heavy atom. The van der Waals surface area contributed by atoms with E-state index in [-0.39, 0.29) is 0 Å². The largest absolute Gasteiger partial charge is 0.493 e. The van der Waals surface area contributed by atoms with Gasteiger partial charge < -0.3 is 29.3 Å². The minimum absolute atomic E-state index is 0.532. The first-order chi connectivity index (χ1) is 12.2. The molecule has 0 radical (unpaired) electrons. The van der Waals surface area contributed by atoms with Crippen LogP contribution in [0.4, 0.5) is 0 Å². The summed E-state index contributed by atoms with van der Waals surface area (Å²) in [7, 11) is 6.53. The van der Waals surface area contributed by atoms with Crippen molar-refractivity contribution < 1.29 is 18.6 Å². The molecule has 7 heteroatoms. The first kappa shape index (κ1) is 18.5. The maximum absolute atomic E-state index is 5.49. The SMILES string of the molecule is CN=C(NCCc1ccco1)NCc1ccc(OC)c(OC)c1OC. The van der Waals surface area contributed by atoms with Crippen molar-refractivity contribution in [1.29, 1.82) is 0 Å². The second kappa shape index (κ2) is 9.46. The summed E-state index contributed by atoms with van der Waals surface area (Å²) >= 11 is 0. The predicted octanol–water partition coefficient (Wildman–Crippen LogP) is 2.21. The zero-order valence-corrected chi connectivity index (χ0v) is 15.1. The van der Waals surface area contributed by atoms with Gasteiger partial charge in [0.2, 0.25) is 5.75 Å². The molecule has 0 atom stereocenters. The van der Waals surface area contributed by atoms with E-state index >= 15 is 0 Å². The van der Waals surface area contributed by atoms with Crippen LogP contribution in [0.3, 0.4) is 0 Å². The van der Waals surface area contributed by atoms with E-state index in [0.717, 1.165) is 24.3 Å². The van der Waals surface area contributed by atoms with Gasteiger partial charge >= 0.3 is 0 Å². The third kappa shape index (κ3) is 4.82. The lowest BCUT2D eigenvalue weighted by Crippen LogP contribution is -2.37. The van der Waals surface area contributed by atoms with Crippen molar-refractivity contribution in [2.75, 3.05) is 34.9 Å². The van der Waals surface area contributed by atoms with E-state index in [9.17, 15) is 0 Å². The van der Waals surface area contributed by atoms with Crippen molar-refractivity contribution >= 4 is 5.96 Å². The molecule has 0 amide bonds. The maximum atomic E-state index is 5.49. The molecule has 1 aromatic carbocycles. The smallest absolute Gasteiger partial charge is 0.203 e. The second-order valence-electron chi connectivity index (χ2n) is 5.18. The topological polar surface area (TPSA) is 77.3 Å². The van der Waals surface area contributed by atoms with Crippen molar-refractivity contribution in [2.45, 2.75) is 13.0 Å². The number of ether oxygens (including phenoxy) is 3. The third-order valence-electron chi connectivity index (χ3n) is 3.70. The molecule has 1 aromatic heterocycles. The van der Waals surface area contributed by atoms with Crippen LogP contribution in [0.25, 0.3) is 0 Å². The number of hydrogen-bond donors (Lipinski definition) is 2. The van der Waals surface area contributed by atoms with Gasteiger partial charge in [0, 0.05) is 32.1 Å². The Labute approximate surface area is 148 Å². The van der Waals surface area contributed by atoms with Gasteiger partial charge in [-0.15, -0.1) is 0 Å². The predicted molar refractivity (Wildman–Crippen MR) is 96.7 cm³/mol. The highest BCUT2D eigenvalue weighted by molar-refractivity contribution is 5.79. The Morgan fingerprint density at radius 1 is 1.04 bits per heavy atom. The number of nitrogens with one attached hydrogen (secondary N) is 2. The molecule has 0 spiro atoms. The van der Waals surface area contributed by atoms with E-state index in [1.54, 1.807) is 34.6 Å². The molecule has 0 bridgehead atoms. The van der Waals surface area contributed by atoms with E-state index in [2.05, 4.69) is 15.6 Å². The monoisotopic (exact) mass is 347 g/mol. The molecule has 25 heavy (non-hydrogen) atoms. The normalized spacial score (nSPS) is 11.1. The molecule has 136 valence electrons. The van der Waals surface area contributed by atoms with Crippen LogP contribution in [0, 0.1) is 0 Å². The van der Waals surface area contributed by atoms with Gasteiger partial charge in [0.15, 0.2) is 17.5 Å². The average molecular weight is 347 g/mol. The molecule has 2 aromatic rings. The van der Waals surface area contributed by atoms with Gasteiger partial charge in [0.1, 0.15) is 5.76 Å². The molecule has 0 aliphatic carbocycles. The van der Waals surface area contributed by atoms with Gasteiger partial charge in [0.05, 0.1) is 27.6 Å². The molecule has 7 nitrogen and oxygen atoms in total. The van der Waals surface area contributed by atoms with Crippen molar-refractivity contribution in [2.24, 2.45) is 4.99 Å². The second-order valence-corrected chi connectivity index (χ2v) is 5.18. The lowest BCUT2D eigenvalue weighted by atomic mass is 10.1. The van der Waals surface area contributed by atoms with Crippen molar-refractivity contribution in [3.05, 3.63) is 41.9 Å². The summed E-state index contributed by atoms with van der Waals surface area (Å²) in [5, 5.41) is 6.51. The highest BCUT2D eigenvalue weighted by Gasteiger charge is 2.15. The van der Waals surface area contributed by atoms with Crippen LogP contribution in [0.2, 0.25) is 0 Å². The van der Waals surface area contributed by atoms with Crippen molar-refractivity contribution in [1.82, 2.24) is 10.6 Å². The lowest BCUT2D eigenvalue weighted by Gasteiger charge is -2.17. The van der Waals surface area contributed by atoms with Crippen LogP contribution in [0.15, 0.2) is 39.9 Å². The molecule has 0 unspecified atom stereocenters. The number of nitrogens with zero attached hydrogens (tertiary/aromatic N) is 1. The van der Waals surface area contributed by atoms with Crippen LogP contribution in [-0.2, 0) is 13.0 Å². The fourth-order valence-corrected chi connectivity index (χ4v) is 2.46. The highest BCUT2D eigenvalue weighted by atomic mass is 16.5. The van der Waals surface area contributed by atoms with Gasteiger partial charge in [-0.3, -0.25) is 4.99 Å². The Bertz CT molecular complexity index is 684. The average Bonchev–Trinajstić information content (AvgIpc) is 3.16. The number of guanidine groups is 1. The number of benzene rings is 1. The van der Waals surface area contributed by atoms with Gasteiger partial charge in [-0.25, -0.2) is 0 Å². The summed E-state index contributed by atoms with van der Waals surface area (Å²) in [6, 6.07) is 7.62. The molecule has 0 aliphatic rings. The van der Waals surface area contributed by atoms with Crippen LogP contribution >= 0.6 is 0 Å². The molecule has 0 saturated heterocycles. The van der Waals surface area contributed by atoms with Crippen LogP contribution < -0.4 is 24.8 Å². The minimum atomic E-state index is 0.532. The first-order valence-electron chi connectivity index (χ1n) is 7.98. The Hall–Kier alpha value is -2.83. The molecule has 0 aliphatic heterocycles. The van der Waals surface area contributed by atoms with Crippen LogP contribution in [0.1, 0.15) is 11.3 Å². The summed E-state index contributed by atoms with van der Waals surface area (Å²) in [5.74, 6) is 3.47. The fourth-order valence-electron chi connectivity index (χ4n) is 2.46. The minimum Gasteiger partial charge on any atom is -0.493 e. The number of furan rings is 1. The van der Waals surface area contributed by atoms with Crippen LogP contribution in [-0.4, -0.2) is 40.9 Å².